The van der Waals surface area contributed by atoms with Crippen LogP contribution in [0.15, 0.2) is 54.6 Å². The summed E-state index contributed by atoms with van der Waals surface area (Å²) in [6.45, 7) is 20.6. The van der Waals surface area contributed by atoms with Gasteiger partial charge in [-0.15, -0.1) is 0 Å². The fourth-order valence-electron chi connectivity index (χ4n) is 7.47. The fourth-order valence-corrected chi connectivity index (χ4v) is 7.47. The third-order valence-corrected chi connectivity index (χ3v) is 10.8. The molecule has 0 spiro atoms. The molecule has 0 saturated carbocycles. The number of methoxy groups -OCH3 is 1. The molecule has 0 heterocycles. The van der Waals surface area contributed by atoms with Gasteiger partial charge in [-0.1, -0.05) is 97.0 Å². The largest absolute Gasteiger partial charge is 0.469 e. The number of carbonyl (C=O) groups is 2. The topological polar surface area (TPSA) is 78.6 Å². The molecule has 5 heteroatoms. The van der Waals surface area contributed by atoms with E-state index in [4.69, 9.17) is 15.2 Å². The van der Waals surface area contributed by atoms with Crippen molar-refractivity contribution in [1.29, 1.82) is 0 Å². The molecule has 0 aliphatic heterocycles. The molecule has 4 rings (SSSR count). The zero-order valence-electron chi connectivity index (χ0n) is 28.1. The summed E-state index contributed by atoms with van der Waals surface area (Å²) in [7, 11) is 1.44. The summed E-state index contributed by atoms with van der Waals surface area (Å²) < 4.78 is 11.5. The van der Waals surface area contributed by atoms with Crippen molar-refractivity contribution in [3.05, 3.63) is 60.2 Å². The number of nitrogens with two attached hydrogens (primary N) is 1. The predicted molar refractivity (Wildman–Crippen MR) is 178 cm³/mol. The van der Waals surface area contributed by atoms with E-state index < -0.39 is 27.2 Å². The number of esters is 2. The Kier molecular flexibility index (Phi) is 8.43. The van der Waals surface area contributed by atoms with Crippen LogP contribution < -0.4 is 5.73 Å². The highest BCUT2D eigenvalue weighted by Crippen LogP contribution is 2.53. The normalized spacial score (nSPS) is 17.1. The van der Waals surface area contributed by atoms with E-state index in [2.05, 4.69) is 89.2 Å². The lowest BCUT2D eigenvalue weighted by Gasteiger charge is -2.50. The second-order valence-electron chi connectivity index (χ2n) is 15.5. The highest BCUT2D eigenvalue weighted by atomic mass is 16.5. The Morgan fingerprint density at radius 3 is 1.88 bits per heavy atom. The monoisotopic (exact) mass is 585 g/mol. The summed E-state index contributed by atoms with van der Waals surface area (Å²) in [6, 6.07) is 19.1. The van der Waals surface area contributed by atoms with Gasteiger partial charge in [-0.3, -0.25) is 9.59 Å². The Hall–Kier alpha value is -3.18. The van der Waals surface area contributed by atoms with Gasteiger partial charge in [-0.25, -0.2) is 0 Å². The number of benzene rings is 4. The Morgan fingerprint density at radius 1 is 0.767 bits per heavy atom. The summed E-state index contributed by atoms with van der Waals surface area (Å²) in [5.74, 6) is -0.470. The third kappa shape index (κ3) is 5.61. The van der Waals surface area contributed by atoms with Gasteiger partial charge in [0.15, 0.2) is 0 Å². The van der Waals surface area contributed by atoms with Crippen molar-refractivity contribution < 1.29 is 19.1 Å². The van der Waals surface area contributed by atoms with Crippen LogP contribution in [0, 0.1) is 27.6 Å². The van der Waals surface area contributed by atoms with Crippen LogP contribution >= 0.6 is 0 Å². The van der Waals surface area contributed by atoms with E-state index >= 15 is 0 Å². The van der Waals surface area contributed by atoms with E-state index in [0.717, 1.165) is 16.3 Å². The smallest absolute Gasteiger partial charge is 0.312 e. The maximum absolute atomic E-state index is 14.2. The van der Waals surface area contributed by atoms with E-state index in [9.17, 15) is 9.59 Å². The van der Waals surface area contributed by atoms with Crippen LogP contribution in [-0.2, 0) is 25.7 Å². The number of carbonyl (C=O) groups excluding carboxylic acids is 2. The van der Waals surface area contributed by atoms with Crippen molar-refractivity contribution in [2.75, 3.05) is 7.11 Å². The summed E-state index contributed by atoms with van der Waals surface area (Å²) in [6.07, 6.45) is 0.925. The van der Waals surface area contributed by atoms with Crippen molar-refractivity contribution in [2.45, 2.75) is 94.2 Å². The summed E-state index contributed by atoms with van der Waals surface area (Å²) in [5, 5.41) is 7.08. The zero-order valence-corrected chi connectivity index (χ0v) is 28.1. The van der Waals surface area contributed by atoms with Crippen LogP contribution in [0.4, 0.5) is 0 Å². The van der Waals surface area contributed by atoms with Gasteiger partial charge in [0.05, 0.1) is 17.9 Å². The van der Waals surface area contributed by atoms with Gasteiger partial charge >= 0.3 is 11.9 Å². The highest BCUT2D eigenvalue weighted by Gasteiger charge is 2.55. The Morgan fingerprint density at radius 2 is 1.33 bits per heavy atom. The lowest BCUT2D eigenvalue weighted by atomic mass is 9.54. The highest BCUT2D eigenvalue weighted by molar-refractivity contribution is 6.23. The minimum Gasteiger partial charge on any atom is -0.469 e. The summed E-state index contributed by atoms with van der Waals surface area (Å²) in [4.78, 5) is 27.2. The van der Waals surface area contributed by atoms with Crippen molar-refractivity contribution in [3.63, 3.8) is 0 Å². The van der Waals surface area contributed by atoms with E-state index in [-0.39, 0.29) is 24.5 Å². The van der Waals surface area contributed by atoms with Crippen LogP contribution in [0.2, 0.25) is 0 Å². The molecule has 0 aliphatic carbocycles. The van der Waals surface area contributed by atoms with Crippen LogP contribution in [0.5, 0.6) is 0 Å². The van der Waals surface area contributed by atoms with Crippen LogP contribution in [0.1, 0.15) is 87.6 Å². The maximum atomic E-state index is 14.2. The van der Waals surface area contributed by atoms with E-state index in [1.165, 1.54) is 28.7 Å². The molecule has 232 valence electrons. The molecule has 0 radical (unpaired) electrons. The first kappa shape index (κ1) is 32.7. The first-order valence-corrected chi connectivity index (χ1v) is 15.5. The number of ether oxygens (including phenoxy) is 2. The third-order valence-electron chi connectivity index (χ3n) is 10.8. The van der Waals surface area contributed by atoms with Gasteiger partial charge < -0.3 is 15.2 Å². The van der Waals surface area contributed by atoms with Crippen molar-refractivity contribution >= 4 is 44.3 Å². The molecule has 43 heavy (non-hydrogen) atoms. The van der Waals surface area contributed by atoms with Gasteiger partial charge in [-0.2, -0.15) is 0 Å². The van der Waals surface area contributed by atoms with Crippen LogP contribution in [0.3, 0.4) is 0 Å². The molecular weight excluding hydrogens is 534 g/mol. The van der Waals surface area contributed by atoms with Crippen LogP contribution in [0.25, 0.3) is 32.3 Å². The second kappa shape index (κ2) is 11.1. The second-order valence-corrected chi connectivity index (χ2v) is 15.5. The minimum absolute atomic E-state index is 0.0360. The Balaban J connectivity index is 1.65. The molecule has 4 aromatic rings. The Bertz CT molecular complexity index is 1640. The predicted octanol–water partition coefficient (Wildman–Crippen LogP) is 9.04. The molecule has 4 aromatic carbocycles. The molecule has 2 N–H and O–H groups in total. The van der Waals surface area contributed by atoms with E-state index in [0.29, 0.717) is 12.8 Å². The van der Waals surface area contributed by atoms with Gasteiger partial charge in [0.1, 0.15) is 6.61 Å². The lowest BCUT2D eigenvalue weighted by Crippen LogP contribution is -2.55. The standard InChI is InChI=1S/C38H51NO4/c1-24(2)38(10,33(41)42-11)35(6,7)22-36(8,39)23-37(9,34(3,4)5)32(40)43-21-28-20-27-16-12-14-25-18-19-26-15-13-17-29(28)31(26)30(25)27/h12-20,24H,21-23,39H2,1-11H3. The van der Waals surface area contributed by atoms with Crippen LogP contribution in [-0.4, -0.2) is 24.6 Å². The molecule has 0 fully saturated rings. The van der Waals surface area contributed by atoms with Gasteiger partial charge in [-0.05, 0) is 94.3 Å². The van der Waals surface area contributed by atoms with Crippen molar-refractivity contribution in [3.8, 4) is 0 Å². The number of rotatable bonds is 10. The van der Waals surface area contributed by atoms with Gasteiger partial charge in [0.25, 0.3) is 0 Å². The maximum Gasteiger partial charge on any atom is 0.312 e. The first-order chi connectivity index (χ1) is 19.8. The average Bonchev–Trinajstić information content (AvgIpc) is 2.91. The zero-order chi connectivity index (χ0) is 32.2. The summed E-state index contributed by atoms with van der Waals surface area (Å²) in [5.41, 5.74) is 4.73. The SMILES string of the molecule is COC(=O)C(C)(C(C)C)C(C)(C)CC(C)(N)CC(C)(C(=O)OCc1cc2cccc3ccc4cccc1c4c32)C(C)(C)C. The first-order valence-electron chi connectivity index (χ1n) is 15.5. The quantitative estimate of drug-likeness (QED) is 0.148. The van der Waals surface area contributed by atoms with Gasteiger partial charge in [0, 0.05) is 5.54 Å². The van der Waals surface area contributed by atoms with Crippen molar-refractivity contribution in [1.82, 2.24) is 0 Å². The molecule has 0 amide bonds. The molecule has 0 aromatic heterocycles. The average molecular weight is 586 g/mol. The molecule has 3 atom stereocenters. The van der Waals surface area contributed by atoms with E-state index in [1.54, 1.807) is 0 Å². The Labute approximate surface area is 257 Å². The molecule has 0 saturated heterocycles. The van der Waals surface area contributed by atoms with E-state index in [1.807, 2.05) is 34.6 Å². The molecule has 3 unspecified atom stereocenters. The molecule has 0 bridgehead atoms. The molecule has 5 nitrogen and oxygen atoms in total. The van der Waals surface area contributed by atoms with Crippen molar-refractivity contribution in [2.24, 2.45) is 33.3 Å². The minimum atomic E-state index is -0.884. The fraction of sp³-hybridized carbons (Fsp3) is 0.526. The van der Waals surface area contributed by atoms with Gasteiger partial charge in [0.2, 0.25) is 0 Å². The molecular formula is C38H51NO4. The number of hydrogen-bond donors (Lipinski definition) is 1. The molecule has 0 aliphatic rings. The number of hydrogen-bond acceptors (Lipinski definition) is 5. The summed E-state index contributed by atoms with van der Waals surface area (Å²) >= 11 is 0. The lowest BCUT2D eigenvalue weighted by molar-refractivity contribution is -0.169.